The maximum atomic E-state index is 11.4. The molecule has 0 aliphatic rings. The topological polar surface area (TPSA) is 98.2 Å². The number of rotatable bonds is 4. The van der Waals surface area contributed by atoms with Gasteiger partial charge in [-0.1, -0.05) is 0 Å². The van der Waals surface area contributed by atoms with Crippen LogP contribution in [0.3, 0.4) is 0 Å². The molecule has 1 unspecified atom stereocenters. The Labute approximate surface area is 111 Å². The largest absolute Gasteiger partial charge is 0.394 e. The summed E-state index contributed by atoms with van der Waals surface area (Å²) in [7, 11) is -3.21. The van der Waals surface area contributed by atoms with Gasteiger partial charge in [0, 0.05) is 11.9 Å². The van der Waals surface area contributed by atoms with E-state index < -0.39 is 15.9 Å². The summed E-state index contributed by atoms with van der Waals surface area (Å²) < 4.78 is 24.5. The van der Waals surface area contributed by atoms with Gasteiger partial charge in [0.25, 0.3) is 0 Å². The van der Waals surface area contributed by atoms with Crippen molar-refractivity contribution >= 4 is 9.84 Å². The van der Waals surface area contributed by atoms with Crippen LogP contribution >= 0.6 is 0 Å². The molecule has 7 heteroatoms. The highest BCUT2D eigenvalue weighted by molar-refractivity contribution is 7.90. The van der Waals surface area contributed by atoms with Crippen molar-refractivity contribution in [1.82, 2.24) is 9.55 Å². The van der Waals surface area contributed by atoms with E-state index in [-0.39, 0.29) is 11.5 Å². The smallest absolute Gasteiger partial charge is 0.175 e. The maximum Gasteiger partial charge on any atom is 0.175 e. The highest BCUT2D eigenvalue weighted by Gasteiger charge is 2.12. The minimum Gasteiger partial charge on any atom is -0.394 e. The molecule has 0 amide bonds. The number of aromatic nitrogens is 2. The average Bonchev–Trinajstić information content (AvgIpc) is 2.86. The summed E-state index contributed by atoms with van der Waals surface area (Å²) in [6, 6.07) is 5.87. The normalized spacial score (nSPS) is 13.4. The number of hydrogen-bond acceptors (Lipinski definition) is 5. The molecule has 102 valence electrons. The molecule has 1 heterocycles. The number of imidazole rings is 1. The van der Waals surface area contributed by atoms with Gasteiger partial charge in [-0.05, 0) is 24.3 Å². The van der Waals surface area contributed by atoms with Crippen molar-refractivity contribution in [3.8, 4) is 5.69 Å². The van der Waals surface area contributed by atoms with Gasteiger partial charge in [0.1, 0.15) is 0 Å². The lowest BCUT2D eigenvalue weighted by atomic mass is 10.2. The monoisotopic (exact) mass is 281 g/mol. The quantitative estimate of drug-likeness (QED) is 0.838. The second-order valence-corrected chi connectivity index (χ2v) is 6.26. The first kappa shape index (κ1) is 13.7. The molecule has 0 saturated heterocycles. The third-order valence-electron chi connectivity index (χ3n) is 2.79. The van der Waals surface area contributed by atoms with Crippen LogP contribution in [0.4, 0.5) is 0 Å². The SMILES string of the molecule is CS(=O)(=O)c1ccc(-n2cncc2C(N)CO)cc1. The summed E-state index contributed by atoms with van der Waals surface area (Å²) in [6.07, 6.45) is 4.30. The summed E-state index contributed by atoms with van der Waals surface area (Å²) in [5.74, 6) is 0. The van der Waals surface area contributed by atoms with E-state index in [1.165, 1.54) is 12.1 Å². The number of nitrogens with two attached hydrogens (primary N) is 1. The minimum absolute atomic E-state index is 0.187. The summed E-state index contributed by atoms with van der Waals surface area (Å²) in [6.45, 7) is -0.187. The number of hydrogen-bond donors (Lipinski definition) is 2. The first-order chi connectivity index (χ1) is 8.93. The molecular formula is C12H15N3O3S. The van der Waals surface area contributed by atoms with Gasteiger partial charge in [0.2, 0.25) is 0 Å². The molecule has 6 nitrogen and oxygen atoms in total. The summed E-state index contributed by atoms with van der Waals surface area (Å²) in [4.78, 5) is 4.25. The van der Waals surface area contributed by atoms with Crippen molar-refractivity contribution in [3.05, 3.63) is 42.5 Å². The summed E-state index contributed by atoms with van der Waals surface area (Å²) >= 11 is 0. The van der Waals surface area contributed by atoms with E-state index >= 15 is 0 Å². The van der Waals surface area contributed by atoms with E-state index in [0.29, 0.717) is 5.69 Å². The zero-order chi connectivity index (χ0) is 14.0. The molecule has 1 aromatic carbocycles. The Bertz CT molecular complexity index is 662. The Morgan fingerprint density at radius 2 is 2.00 bits per heavy atom. The number of aliphatic hydroxyl groups excluding tert-OH is 1. The second kappa shape index (κ2) is 5.12. The molecule has 0 fully saturated rings. The predicted molar refractivity (Wildman–Crippen MR) is 70.7 cm³/mol. The van der Waals surface area contributed by atoms with Crippen LogP contribution in [0.2, 0.25) is 0 Å². The molecule has 1 atom stereocenters. The fourth-order valence-corrected chi connectivity index (χ4v) is 2.37. The molecule has 19 heavy (non-hydrogen) atoms. The van der Waals surface area contributed by atoms with E-state index in [1.807, 2.05) is 0 Å². The highest BCUT2D eigenvalue weighted by atomic mass is 32.2. The number of aliphatic hydroxyl groups is 1. The van der Waals surface area contributed by atoms with Crippen molar-refractivity contribution in [1.29, 1.82) is 0 Å². The van der Waals surface area contributed by atoms with Crippen LogP contribution < -0.4 is 5.73 Å². The van der Waals surface area contributed by atoms with Crippen molar-refractivity contribution in [3.63, 3.8) is 0 Å². The first-order valence-corrected chi connectivity index (χ1v) is 7.52. The van der Waals surface area contributed by atoms with Crippen molar-refractivity contribution in [2.24, 2.45) is 5.73 Å². The molecule has 2 aromatic rings. The van der Waals surface area contributed by atoms with Gasteiger partial charge >= 0.3 is 0 Å². The van der Waals surface area contributed by atoms with Crippen molar-refractivity contribution in [2.75, 3.05) is 12.9 Å². The van der Waals surface area contributed by atoms with Gasteiger partial charge < -0.3 is 15.4 Å². The van der Waals surface area contributed by atoms with Crippen LogP contribution in [0.25, 0.3) is 5.69 Å². The number of benzene rings is 1. The second-order valence-electron chi connectivity index (χ2n) is 4.24. The van der Waals surface area contributed by atoms with Crippen molar-refractivity contribution in [2.45, 2.75) is 10.9 Å². The Balaban J connectivity index is 2.41. The molecule has 0 spiro atoms. The Kier molecular flexibility index (Phi) is 3.70. The lowest BCUT2D eigenvalue weighted by Gasteiger charge is -2.12. The molecule has 0 saturated carbocycles. The minimum atomic E-state index is -3.21. The number of sulfone groups is 1. The van der Waals surface area contributed by atoms with Crippen LogP contribution in [-0.4, -0.2) is 35.9 Å². The average molecular weight is 281 g/mol. The summed E-state index contributed by atoms with van der Waals surface area (Å²) in [5.41, 5.74) is 7.17. The molecular weight excluding hydrogens is 266 g/mol. The highest BCUT2D eigenvalue weighted by Crippen LogP contribution is 2.18. The van der Waals surface area contributed by atoms with E-state index in [2.05, 4.69) is 4.98 Å². The van der Waals surface area contributed by atoms with Crippen LogP contribution in [0.15, 0.2) is 41.7 Å². The van der Waals surface area contributed by atoms with Gasteiger partial charge in [0.15, 0.2) is 9.84 Å². The molecule has 0 aliphatic carbocycles. The fourth-order valence-electron chi connectivity index (χ4n) is 1.74. The number of nitrogens with zero attached hydrogens (tertiary/aromatic N) is 2. The lowest BCUT2D eigenvalue weighted by molar-refractivity contribution is 0.265. The van der Waals surface area contributed by atoms with E-state index in [9.17, 15) is 8.42 Å². The standard InChI is InChI=1S/C12H15N3O3S/c1-19(17,18)10-4-2-9(3-5-10)15-8-14-6-12(15)11(13)7-16/h2-6,8,11,16H,7,13H2,1H3. The molecule has 0 radical (unpaired) electrons. The summed E-state index contributed by atoms with van der Waals surface area (Å²) in [5, 5.41) is 9.08. The van der Waals surface area contributed by atoms with Gasteiger partial charge in [-0.2, -0.15) is 0 Å². The fraction of sp³-hybridized carbons (Fsp3) is 0.250. The van der Waals surface area contributed by atoms with Crippen molar-refractivity contribution < 1.29 is 13.5 Å². The zero-order valence-corrected chi connectivity index (χ0v) is 11.2. The molecule has 0 aliphatic heterocycles. The van der Waals surface area contributed by atoms with Crippen LogP contribution in [0.1, 0.15) is 11.7 Å². The first-order valence-electron chi connectivity index (χ1n) is 5.62. The third-order valence-corrected chi connectivity index (χ3v) is 3.92. The molecule has 0 bridgehead atoms. The maximum absolute atomic E-state index is 11.4. The molecule has 3 N–H and O–H groups in total. The van der Waals surface area contributed by atoms with Crippen LogP contribution in [-0.2, 0) is 9.84 Å². The zero-order valence-electron chi connectivity index (χ0n) is 10.4. The van der Waals surface area contributed by atoms with E-state index in [4.69, 9.17) is 10.8 Å². The van der Waals surface area contributed by atoms with Gasteiger partial charge in [0.05, 0.1) is 35.8 Å². The van der Waals surface area contributed by atoms with Gasteiger partial charge in [-0.15, -0.1) is 0 Å². The Hall–Kier alpha value is -1.70. The Morgan fingerprint density at radius 3 is 2.53 bits per heavy atom. The van der Waals surface area contributed by atoms with Crippen LogP contribution in [0.5, 0.6) is 0 Å². The Morgan fingerprint density at radius 1 is 1.37 bits per heavy atom. The lowest BCUT2D eigenvalue weighted by Crippen LogP contribution is -2.18. The van der Waals surface area contributed by atoms with Gasteiger partial charge in [-0.25, -0.2) is 13.4 Å². The van der Waals surface area contributed by atoms with E-state index in [0.717, 1.165) is 11.9 Å². The third kappa shape index (κ3) is 2.83. The molecule has 1 aromatic heterocycles. The van der Waals surface area contributed by atoms with Gasteiger partial charge in [-0.3, -0.25) is 0 Å². The molecule has 2 rings (SSSR count). The van der Waals surface area contributed by atoms with E-state index in [1.54, 1.807) is 29.2 Å². The predicted octanol–water partition coefficient (Wildman–Crippen LogP) is 0.268. The van der Waals surface area contributed by atoms with Crippen LogP contribution in [0, 0.1) is 0 Å².